The molecule has 15 aromatic rings. The molecule has 4 aromatic heterocycles. The predicted octanol–water partition coefficient (Wildman–Crippen LogP) is 26.6. The summed E-state index contributed by atoms with van der Waals surface area (Å²) in [5, 5.41) is 64.0. The molecule has 42 heteroatoms. The van der Waals surface area contributed by atoms with Crippen LogP contribution in [0, 0.1) is 34.0 Å². The summed E-state index contributed by atoms with van der Waals surface area (Å²) < 4.78 is 17.8. The molecule has 15 rings (SSSR count). The van der Waals surface area contributed by atoms with E-state index in [1.54, 1.807) is 214 Å². The number of benzene rings is 11. The highest BCUT2D eigenvalue weighted by Gasteiger charge is 2.36. The molecule has 0 fully saturated rings. The molecule has 4 atom stereocenters. The molecule has 734 valence electrons. The van der Waals surface area contributed by atoms with E-state index in [9.17, 15) is 28.8 Å². The predicted molar refractivity (Wildman–Crippen MR) is 587 cm³/mol. The number of guanidine groups is 3. The normalized spacial score (nSPS) is 12.6. The summed E-state index contributed by atoms with van der Waals surface area (Å²) in [5.74, 6) is -1.30. The van der Waals surface area contributed by atoms with Crippen LogP contribution in [0.3, 0.4) is 0 Å². The van der Waals surface area contributed by atoms with Crippen LogP contribution in [0.15, 0.2) is 333 Å². The van der Waals surface area contributed by atoms with Crippen molar-refractivity contribution in [1.29, 1.82) is 15.8 Å². The average molecular weight is 2210 g/mol. The summed E-state index contributed by atoms with van der Waals surface area (Å²) in [5.41, 5.74) is 10.8. The van der Waals surface area contributed by atoms with Crippen LogP contribution < -0.4 is 43.0 Å². The first-order valence-electron chi connectivity index (χ1n) is 42.0. The number of nitrogens with zero attached hydrogens (tertiary/aromatic N) is 14. The van der Waals surface area contributed by atoms with Gasteiger partial charge in [0.15, 0.2) is 11.1 Å². The number of rotatable bonds is 23. The molecular weight excluding hydrogens is 2130 g/mol. The molecule has 10 N–H and O–H groups in total. The van der Waals surface area contributed by atoms with Crippen LogP contribution in [0.1, 0.15) is 97.7 Å². The number of carboxylic acids is 1. The number of nitriles is 3. The molecule has 0 saturated carbocycles. The van der Waals surface area contributed by atoms with Gasteiger partial charge in [-0.25, -0.2) is 39.7 Å². The summed E-state index contributed by atoms with van der Waals surface area (Å²) in [6.45, 7) is 9.56. The molecule has 3 unspecified atom stereocenters. The molecule has 0 radical (unpaired) electrons. The lowest BCUT2D eigenvalue weighted by Gasteiger charge is -2.34. The van der Waals surface area contributed by atoms with Gasteiger partial charge in [0.05, 0.1) is 97.5 Å². The number of hydrogen-bond donors (Lipinski definition) is 9. The third-order valence-electron chi connectivity index (χ3n) is 20.4. The Balaban J connectivity index is 0.000000204. The number of anilines is 4. The largest absolute Gasteiger partial charge is 0.478 e. The molecule has 0 aliphatic rings. The van der Waals surface area contributed by atoms with Crippen molar-refractivity contribution in [2.45, 2.75) is 76.0 Å². The minimum Gasteiger partial charge on any atom is -0.478 e. The van der Waals surface area contributed by atoms with Gasteiger partial charge in [0.2, 0.25) is 11.9 Å². The molecular formula is C101H87Cl12FN22O4S3. The third kappa shape index (κ3) is 35.3. The minimum absolute atomic E-state index is 0. The van der Waals surface area contributed by atoms with Crippen molar-refractivity contribution in [2.75, 3.05) is 27.5 Å². The molecule has 0 aliphatic carbocycles. The Bertz CT molecular complexity index is 6830. The molecule has 143 heavy (non-hydrogen) atoms. The van der Waals surface area contributed by atoms with E-state index < -0.39 is 39.9 Å². The van der Waals surface area contributed by atoms with E-state index in [2.05, 4.69) is 57.2 Å². The first-order chi connectivity index (χ1) is 67.9. The fraction of sp³-hybridized carbons (Fsp3) is 0.129. The topological polar surface area (TPSA) is 361 Å². The van der Waals surface area contributed by atoms with E-state index in [1.165, 1.54) is 30.5 Å². The van der Waals surface area contributed by atoms with Crippen LogP contribution in [0.4, 0.5) is 26.6 Å². The SMILES string of the molecule is CC(Cn1ccnc1)(N=C(N)Nc1ccc(Cl)cc1)c1ccc(Cl)cc1Cl.CC(Cn1ccnc1)(N=C(NC(=O)c1cccc(C#N)c1)Nc1ccc(Cl)cc1)c1ccc(Cl)cc1Cl.CC(Cn1ccnc1)(NC(=S)Nc1ccc(Cl)cc1)c1ccc(Cl)cc1Cl.CSF.C[C@](Cn1ccnc1)(N=C(NC(=O)c1cccc(C#N)c1)Nc1ccc(Cl)cc1)c1ccc(Cl)cc1Cl.N#Cc1cccc(C(=O)O)c1.S. The fourth-order valence-electron chi connectivity index (χ4n) is 13.9. The number of aliphatic imine (C=N–C) groups is 3. The van der Waals surface area contributed by atoms with E-state index in [4.69, 9.17) is 183 Å². The van der Waals surface area contributed by atoms with Gasteiger partial charge >= 0.3 is 5.97 Å². The Labute approximate surface area is 901 Å². The Kier molecular flexibility index (Phi) is 43.8. The van der Waals surface area contributed by atoms with Gasteiger partial charge in [-0.05, 0) is 262 Å². The zero-order valence-corrected chi connectivity index (χ0v) is 87.8. The van der Waals surface area contributed by atoms with Crippen molar-refractivity contribution in [2.24, 2.45) is 20.7 Å². The molecule has 11 aromatic carbocycles. The number of aromatic nitrogens is 8. The van der Waals surface area contributed by atoms with Gasteiger partial charge in [-0.2, -0.15) is 33.2 Å². The van der Waals surface area contributed by atoms with Crippen LogP contribution in [0.25, 0.3) is 0 Å². The smallest absolute Gasteiger partial charge is 0.335 e. The van der Waals surface area contributed by atoms with Crippen molar-refractivity contribution < 1.29 is 23.4 Å². The molecule has 0 saturated heterocycles. The van der Waals surface area contributed by atoms with Crippen LogP contribution in [0.2, 0.25) is 60.3 Å². The third-order valence-corrected chi connectivity index (χ3v) is 23.8. The number of carbonyl (C=O) groups is 3. The number of thiocarbonyl (C=S) groups is 1. The van der Waals surface area contributed by atoms with E-state index in [-0.39, 0.29) is 49.1 Å². The maximum absolute atomic E-state index is 13.2. The lowest BCUT2D eigenvalue weighted by molar-refractivity contribution is 0.0696. The molecule has 0 bridgehead atoms. The summed E-state index contributed by atoms with van der Waals surface area (Å²) in [6.07, 6.45) is 22.4. The highest BCUT2D eigenvalue weighted by molar-refractivity contribution is 7.93. The van der Waals surface area contributed by atoms with Gasteiger partial charge in [-0.15, -0.1) is 0 Å². The molecule has 4 heterocycles. The monoisotopic (exact) mass is 2210 g/mol. The first kappa shape index (κ1) is 114. The lowest BCUT2D eigenvalue weighted by atomic mass is 9.91. The van der Waals surface area contributed by atoms with Gasteiger partial charge in [-0.1, -0.05) is 182 Å². The number of carbonyl (C=O) groups excluding carboxylic acids is 2. The zero-order chi connectivity index (χ0) is 103. The van der Waals surface area contributed by atoms with Crippen LogP contribution in [-0.4, -0.2) is 90.3 Å². The number of imidazole rings is 4. The highest BCUT2D eigenvalue weighted by atomic mass is 35.5. The molecule has 0 aliphatic heterocycles. The van der Waals surface area contributed by atoms with E-state index in [0.717, 1.165) is 22.5 Å². The number of aromatic carboxylic acids is 1. The van der Waals surface area contributed by atoms with E-state index in [0.29, 0.717) is 142 Å². The summed E-state index contributed by atoms with van der Waals surface area (Å²) in [7, 11) is 0. The number of carboxylic acid groups (broad SMARTS) is 1. The van der Waals surface area contributed by atoms with Crippen molar-refractivity contribution in [1.82, 2.24) is 54.2 Å². The Hall–Kier alpha value is -12.9. The van der Waals surface area contributed by atoms with Crippen LogP contribution in [0.5, 0.6) is 0 Å². The van der Waals surface area contributed by atoms with E-state index in [1.807, 2.05) is 144 Å². The van der Waals surface area contributed by atoms with Crippen molar-refractivity contribution >= 4 is 241 Å². The zero-order valence-electron chi connectivity index (χ0n) is 76.1. The fourth-order valence-corrected chi connectivity index (χ4v) is 17.2. The second kappa shape index (κ2) is 55.1. The summed E-state index contributed by atoms with van der Waals surface area (Å²) >= 11 is 80.4. The molecule has 2 amide bonds. The van der Waals surface area contributed by atoms with Crippen LogP contribution in [-0.2, 0) is 48.3 Å². The van der Waals surface area contributed by atoms with Crippen molar-refractivity contribution in [3.05, 3.63) is 433 Å². The summed E-state index contributed by atoms with van der Waals surface area (Å²) in [6, 6.07) is 74.3. The lowest BCUT2D eigenvalue weighted by Crippen LogP contribution is -2.48. The molecule has 26 nitrogen and oxygen atoms in total. The number of hydrogen-bond acceptors (Lipinski definition) is 15. The number of nitrogens with two attached hydrogens (primary N) is 1. The maximum Gasteiger partial charge on any atom is 0.335 e. The maximum atomic E-state index is 13.2. The quantitative estimate of drug-likeness (QED) is 0.0163. The van der Waals surface area contributed by atoms with Gasteiger partial charge < -0.3 is 55.7 Å². The van der Waals surface area contributed by atoms with Crippen molar-refractivity contribution in [3.63, 3.8) is 0 Å². The highest BCUT2D eigenvalue weighted by Crippen LogP contribution is 2.40. The van der Waals surface area contributed by atoms with Gasteiger partial charge in [0.25, 0.3) is 11.8 Å². The number of amides is 2. The van der Waals surface area contributed by atoms with E-state index >= 15 is 0 Å². The van der Waals surface area contributed by atoms with Gasteiger partial charge in [0, 0.05) is 162 Å². The van der Waals surface area contributed by atoms with Gasteiger partial charge in [-0.3, -0.25) is 20.2 Å². The summed E-state index contributed by atoms with van der Waals surface area (Å²) in [4.78, 5) is 67.9. The number of nitrogens with one attached hydrogen (secondary N) is 7. The minimum atomic E-state index is -1.01. The standard InChI is InChI=1S/2C27H21Cl3N6O.C19H18Cl3N5.C19H17Cl3N4S.C8H5NO2.CH3FS.H2S/c2*1-27(16-36-12-11-32-17-36,23-10-7-21(29)14-24(23)30)35-26(33-22-8-5-20(28)6-9-22)34-25(37)19-4-2-3-18(13-19)15-31;1-19(11-27-9-8-24-12-27,16-7-4-14(21)10-17(16)22)26-18(23)25-15-5-2-13(20)3-6-15;1-19(11-26-9-8-23-12-26,16-7-4-14(21)10-17(16)22)25-18(27)24-15-5-2-13(20)3-6-15;9-5-6-2-1-3-7(4-6)8(10)11;1-3-2;/h2*2-14,17H,16H2,1H3,(H2,33,34,35,37);2-10,12H,11H2,1H3,(H3,23,25,26);2-10,12H,11H2,1H3,(H2,24,25,27);1-4H,(H,10,11);1H3;1H2/t27-;;;;;;/m1....../s1. The Morgan fingerprint density at radius 2 is 0.671 bits per heavy atom. The Morgan fingerprint density at radius 1 is 0.399 bits per heavy atom. The molecule has 0 spiro atoms. The average Bonchev–Trinajstić information content (AvgIpc) is 1.68. The van der Waals surface area contributed by atoms with Crippen molar-refractivity contribution in [3.8, 4) is 18.2 Å². The Morgan fingerprint density at radius 3 is 0.965 bits per heavy atom. The first-order valence-corrected chi connectivity index (χ1v) is 48.1. The second-order valence-corrected chi connectivity index (χ2v) is 37.3. The second-order valence-electron chi connectivity index (χ2n) is 31.4. The van der Waals surface area contributed by atoms with Gasteiger partial charge in [0.1, 0.15) is 16.6 Å². The number of halogens is 13. The van der Waals surface area contributed by atoms with Crippen LogP contribution >= 0.6 is 177 Å².